The van der Waals surface area contributed by atoms with Gasteiger partial charge in [-0.3, -0.25) is 4.79 Å². The average molecular weight is 237 g/mol. The Morgan fingerprint density at radius 2 is 2.33 bits per heavy atom. The molecule has 6 heteroatoms. The minimum Gasteiger partial charge on any atom is -0.294 e. The van der Waals surface area contributed by atoms with Crippen LogP contribution in [0.5, 0.6) is 0 Å². The van der Waals surface area contributed by atoms with E-state index in [-0.39, 0.29) is 5.78 Å². The predicted octanol–water partition coefficient (Wildman–Crippen LogP) is 2.29. The number of rotatable bonds is 3. The fourth-order valence-electron chi connectivity index (χ4n) is 1.03. The van der Waals surface area contributed by atoms with Crippen LogP contribution in [0.15, 0.2) is 34.0 Å². The number of hydrogen-bond acceptors (Lipinski definition) is 6. The van der Waals surface area contributed by atoms with Gasteiger partial charge in [-0.25, -0.2) is 9.97 Å². The van der Waals surface area contributed by atoms with Gasteiger partial charge in [0.15, 0.2) is 10.1 Å². The zero-order valence-electron chi connectivity index (χ0n) is 7.88. The smallest absolute Gasteiger partial charge is 0.176 e. The van der Waals surface area contributed by atoms with Gasteiger partial charge in [0.1, 0.15) is 11.4 Å². The molecule has 0 unspecified atom stereocenters. The van der Waals surface area contributed by atoms with Crippen LogP contribution >= 0.6 is 23.3 Å². The molecular weight excluding hydrogens is 230 g/mol. The minimum atomic E-state index is 0.00937. The Kier molecular flexibility index (Phi) is 3.08. The lowest BCUT2D eigenvalue weighted by molar-refractivity contribution is 0.101. The van der Waals surface area contributed by atoms with Crippen molar-refractivity contribution in [1.29, 1.82) is 0 Å². The third kappa shape index (κ3) is 2.40. The zero-order chi connectivity index (χ0) is 10.7. The molecule has 0 aliphatic heterocycles. The second kappa shape index (κ2) is 4.50. The molecule has 0 saturated heterocycles. The van der Waals surface area contributed by atoms with Crippen LogP contribution < -0.4 is 0 Å². The van der Waals surface area contributed by atoms with Gasteiger partial charge in [-0.1, -0.05) is 0 Å². The van der Waals surface area contributed by atoms with E-state index < -0.39 is 0 Å². The molecule has 0 atom stereocenters. The summed E-state index contributed by atoms with van der Waals surface area (Å²) in [5.74, 6) is 0.00937. The lowest BCUT2D eigenvalue weighted by Crippen LogP contribution is -1.96. The first-order valence-electron chi connectivity index (χ1n) is 4.18. The summed E-state index contributed by atoms with van der Waals surface area (Å²) in [5.41, 5.74) is 0.623. The molecule has 0 radical (unpaired) electrons. The van der Waals surface area contributed by atoms with Crippen molar-refractivity contribution in [2.24, 2.45) is 0 Å². The van der Waals surface area contributed by atoms with Crippen LogP contribution in [0.25, 0.3) is 0 Å². The molecule has 2 aromatic rings. The van der Waals surface area contributed by atoms with Crippen LogP contribution in [-0.4, -0.2) is 20.1 Å². The van der Waals surface area contributed by atoms with E-state index in [0.717, 1.165) is 4.34 Å². The molecule has 2 heterocycles. The zero-order valence-corrected chi connectivity index (χ0v) is 9.51. The van der Waals surface area contributed by atoms with Crippen LogP contribution in [0.2, 0.25) is 0 Å². The fourth-order valence-corrected chi connectivity index (χ4v) is 2.52. The predicted molar refractivity (Wildman–Crippen MR) is 58.3 cm³/mol. The lowest BCUT2D eigenvalue weighted by Gasteiger charge is -2.01. The normalized spacial score (nSPS) is 10.2. The quantitative estimate of drug-likeness (QED) is 0.766. The highest BCUT2D eigenvalue weighted by molar-refractivity contribution is 8.01. The number of carbonyl (C=O) groups is 1. The number of pyridine rings is 1. The van der Waals surface area contributed by atoms with Crippen molar-refractivity contribution < 1.29 is 4.79 Å². The molecule has 0 fully saturated rings. The van der Waals surface area contributed by atoms with Crippen LogP contribution in [0.1, 0.15) is 17.3 Å². The van der Waals surface area contributed by atoms with Crippen LogP contribution in [0, 0.1) is 0 Å². The maximum absolute atomic E-state index is 11.3. The first-order valence-corrected chi connectivity index (χ1v) is 5.77. The van der Waals surface area contributed by atoms with E-state index in [4.69, 9.17) is 0 Å². The van der Waals surface area contributed by atoms with E-state index in [1.54, 1.807) is 18.3 Å². The van der Waals surface area contributed by atoms with Crippen molar-refractivity contribution in [1.82, 2.24) is 14.3 Å². The van der Waals surface area contributed by atoms with Crippen molar-refractivity contribution in [3.8, 4) is 0 Å². The summed E-state index contributed by atoms with van der Waals surface area (Å²) in [5, 5.41) is 0.682. The van der Waals surface area contributed by atoms with E-state index in [1.165, 1.54) is 36.5 Å². The molecule has 0 bridgehead atoms. The van der Waals surface area contributed by atoms with Gasteiger partial charge >= 0.3 is 0 Å². The Labute approximate surface area is 94.9 Å². The van der Waals surface area contributed by atoms with Crippen molar-refractivity contribution in [2.45, 2.75) is 16.3 Å². The van der Waals surface area contributed by atoms with Gasteiger partial charge in [0.2, 0.25) is 0 Å². The maximum Gasteiger partial charge on any atom is 0.176 e. The van der Waals surface area contributed by atoms with Gasteiger partial charge in [-0.05, 0) is 42.4 Å². The molecule has 0 amide bonds. The van der Waals surface area contributed by atoms with Crippen LogP contribution in [0.4, 0.5) is 0 Å². The Morgan fingerprint density at radius 1 is 1.47 bits per heavy atom. The van der Waals surface area contributed by atoms with E-state index in [9.17, 15) is 4.79 Å². The second-order valence-electron chi connectivity index (χ2n) is 2.72. The molecule has 2 rings (SSSR count). The summed E-state index contributed by atoms with van der Waals surface area (Å²) >= 11 is 2.65. The summed E-state index contributed by atoms with van der Waals surface area (Å²) in [6.45, 7) is 1.53. The Balaban J connectivity index is 2.32. The van der Waals surface area contributed by atoms with E-state index in [1.807, 2.05) is 0 Å². The largest absolute Gasteiger partial charge is 0.294 e. The van der Waals surface area contributed by atoms with Crippen LogP contribution in [0.3, 0.4) is 0 Å². The number of nitrogens with zero attached hydrogens (tertiary/aromatic N) is 3. The van der Waals surface area contributed by atoms with Gasteiger partial charge in [0.25, 0.3) is 0 Å². The van der Waals surface area contributed by atoms with Crippen molar-refractivity contribution >= 4 is 29.1 Å². The highest BCUT2D eigenvalue weighted by Gasteiger charge is 2.10. The van der Waals surface area contributed by atoms with Gasteiger partial charge in [-0.2, -0.15) is 4.37 Å². The molecule has 0 saturated carbocycles. The molecule has 4 nitrogen and oxygen atoms in total. The molecule has 15 heavy (non-hydrogen) atoms. The van der Waals surface area contributed by atoms with Gasteiger partial charge in [0, 0.05) is 11.8 Å². The van der Waals surface area contributed by atoms with E-state index >= 15 is 0 Å². The first-order chi connectivity index (χ1) is 7.27. The third-order valence-electron chi connectivity index (χ3n) is 1.68. The maximum atomic E-state index is 11.3. The monoisotopic (exact) mass is 237 g/mol. The molecular formula is C9H7N3OS2. The molecule has 0 aliphatic carbocycles. The van der Waals surface area contributed by atoms with E-state index in [0.29, 0.717) is 10.6 Å². The SMILES string of the molecule is CC(=O)c1cccnc1Sc1ncns1. The Bertz CT molecular complexity index is 470. The van der Waals surface area contributed by atoms with Gasteiger partial charge in [0.05, 0.1) is 0 Å². The second-order valence-corrected chi connectivity index (χ2v) is 4.74. The van der Waals surface area contributed by atoms with Crippen molar-refractivity contribution in [3.63, 3.8) is 0 Å². The number of Topliss-reactive ketones (excluding diaryl/α,β-unsaturated/α-hetero) is 1. The topological polar surface area (TPSA) is 55.7 Å². The molecule has 2 aromatic heterocycles. The number of aromatic nitrogens is 3. The molecule has 0 spiro atoms. The van der Waals surface area contributed by atoms with Crippen molar-refractivity contribution in [2.75, 3.05) is 0 Å². The van der Waals surface area contributed by atoms with Gasteiger partial charge < -0.3 is 0 Å². The molecule has 76 valence electrons. The highest BCUT2D eigenvalue weighted by atomic mass is 32.2. The van der Waals surface area contributed by atoms with Gasteiger partial charge in [-0.15, -0.1) is 0 Å². The lowest BCUT2D eigenvalue weighted by atomic mass is 10.2. The average Bonchev–Trinajstić information content (AvgIpc) is 2.71. The minimum absolute atomic E-state index is 0.00937. The summed E-state index contributed by atoms with van der Waals surface area (Å²) in [7, 11) is 0. The summed E-state index contributed by atoms with van der Waals surface area (Å²) in [4.78, 5) is 19.5. The Morgan fingerprint density at radius 3 is 3.00 bits per heavy atom. The fraction of sp³-hybridized carbons (Fsp3) is 0.111. The Hall–Kier alpha value is -1.27. The molecule has 0 aromatic carbocycles. The third-order valence-corrected chi connectivity index (χ3v) is 3.41. The number of carbonyl (C=O) groups excluding carboxylic acids is 1. The van der Waals surface area contributed by atoms with Crippen LogP contribution in [-0.2, 0) is 0 Å². The number of hydrogen-bond donors (Lipinski definition) is 0. The first kappa shape index (κ1) is 10.3. The highest BCUT2D eigenvalue weighted by Crippen LogP contribution is 2.28. The number of ketones is 1. The molecule has 0 N–H and O–H groups in total. The standard InChI is InChI=1S/C9H7N3OS2/c1-6(13)7-3-2-4-10-8(7)14-9-11-5-12-15-9/h2-5H,1H3. The van der Waals surface area contributed by atoms with E-state index in [2.05, 4.69) is 14.3 Å². The van der Waals surface area contributed by atoms with Crippen molar-refractivity contribution in [3.05, 3.63) is 30.2 Å². The molecule has 0 aliphatic rings. The summed E-state index contributed by atoms with van der Waals surface area (Å²) in [6.07, 6.45) is 3.15. The summed E-state index contributed by atoms with van der Waals surface area (Å²) in [6, 6.07) is 3.51. The summed E-state index contributed by atoms with van der Waals surface area (Å²) < 4.78 is 4.68.